The van der Waals surface area contributed by atoms with Crippen LogP contribution in [0.4, 0.5) is 0 Å². The summed E-state index contributed by atoms with van der Waals surface area (Å²) in [4.78, 5) is 14.7. The maximum Gasteiger partial charge on any atom is 0.164 e. The largest absolute Gasteiger partial charge is 0.208 e. The number of fused-ring (bicyclic) bond motifs is 2. The smallest absolute Gasteiger partial charge is 0.164 e. The predicted octanol–water partition coefficient (Wildman–Crippen LogP) is 10.5. The van der Waals surface area contributed by atoms with Gasteiger partial charge in [-0.3, -0.25) is 0 Å². The molecule has 7 aromatic carbocycles. The maximum atomic E-state index is 4.92. The molecule has 3 heteroatoms. The Bertz CT molecular complexity index is 2210. The third kappa shape index (κ3) is 4.81. The highest BCUT2D eigenvalue weighted by Crippen LogP contribution is 2.37. The van der Waals surface area contributed by atoms with Gasteiger partial charge in [0.2, 0.25) is 0 Å². The van der Waals surface area contributed by atoms with Crippen LogP contribution in [0.15, 0.2) is 164 Å². The summed E-state index contributed by atoms with van der Waals surface area (Å²) in [6.07, 6.45) is 0. The molecule has 1 heterocycles. The Balaban J connectivity index is 1.22. The Morgan fingerprint density at radius 2 is 0.750 bits per heavy atom. The van der Waals surface area contributed by atoms with Crippen molar-refractivity contribution < 1.29 is 0 Å². The van der Waals surface area contributed by atoms with Crippen LogP contribution < -0.4 is 0 Å². The van der Waals surface area contributed by atoms with E-state index >= 15 is 0 Å². The van der Waals surface area contributed by atoms with Crippen LogP contribution in [0.1, 0.15) is 0 Å². The van der Waals surface area contributed by atoms with Gasteiger partial charge in [0.1, 0.15) is 0 Å². The van der Waals surface area contributed by atoms with Crippen LogP contribution in [0, 0.1) is 0 Å². The van der Waals surface area contributed by atoms with Crippen LogP contribution in [0.3, 0.4) is 0 Å². The first-order valence-corrected chi connectivity index (χ1v) is 14.8. The first-order valence-electron chi connectivity index (χ1n) is 14.8. The van der Waals surface area contributed by atoms with Crippen molar-refractivity contribution in [2.75, 3.05) is 0 Å². The van der Waals surface area contributed by atoms with Crippen molar-refractivity contribution in [2.24, 2.45) is 0 Å². The summed E-state index contributed by atoms with van der Waals surface area (Å²) < 4.78 is 0. The van der Waals surface area contributed by atoms with Crippen molar-refractivity contribution in [2.45, 2.75) is 0 Å². The molecular weight excluding hydrogens is 534 g/mol. The van der Waals surface area contributed by atoms with Crippen molar-refractivity contribution in [3.8, 4) is 56.4 Å². The number of hydrogen-bond donors (Lipinski definition) is 0. The lowest BCUT2D eigenvalue weighted by Gasteiger charge is -2.14. The van der Waals surface area contributed by atoms with Gasteiger partial charge in [-0.2, -0.15) is 0 Å². The van der Waals surface area contributed by atoms with Crippen LogP contribution >= 0.6 is 0 Å². The van der Waals surface area contributed by atoms with Gasteiger partial charge in [0.15, 0.2) is 17.5 Å². The molecule has 0 N–H and O–H groups in total. The molecule has 3 nitrogen and oxygen atoms in total. The van der Waals surface area contributed by atoms with Gasteiger partial charge in [0.25, 0.3) is 0 Å². The van der Waals surface area contributed by atoms with Gasteiger partial charge < -0.3 is 0 Å². The second-order valence-corrected chi connectivity index (χ2v) is 10.9. The molecule has 0 unspecified atom stereocenters. The summed E-state index contributed by atoms with van der Waals surface area (Å²) in [6.45, 7) is 0. The fraction of sp³-hybridized carbons (Fsp3) is 0. The fourth-order valence-corrected chi connectivity index (χ4v) is 5.92. The molecule has 8 rings (SSSR count). The molecule has 0 aliphatic heterocycles. The number of rotatable bonds is 5. The van der Waals surface area contributed by atoms with Crippen molar-refractivity contribution in [3.63, 3.8) is 0 Å². The standard InChI is InChI=1S/C41H27N3/c1-3-13-29(14-4-1)39-42-40(30-15-5-2-6-16-30)44-41(43-39)34-25-23-31-26-33(24-22-32(31)27-34)36-19-9-10-20-37(36)38-21-11-17-28-12-7-8-18-35(28)38/h1-27H. The lowest BCUT2D eigenvalue weighted by molar-refractivity contribution is 1.07. The molecule has 44 heavy (non-hydrogen) atoms. The summed E-state index contributed by atoms with van der Waals surface area (Å²) in [6, 6.07) is 57.1. The zero-order valence-corrected chi connectivity index (χ0v) is 23.9. The minimum absolute atomic E-state index is 0.657. The van der Waals surface area contributed by atoms with Crippen molar-refractivity contribution >= 4 is 21.5 Å². The van der Waals surface area contributed by atoms with Gasteiger partial charge in [-0.1, -0.05) is 152 Å². The van der Waals surface area contributed by atoms with E-state index in [4.69, 9.17) is 15.0 Å². The Hall–Kier alpha value is -5.93. The minimum Gasteiger partial charge on any atom is -0.208 e. The molecular formula is C41H27N3. The van der Waals surface area contributed by atoms with E-state index in [1.165, 1.54) is 38.4 Å². The molecule has 0 bridgehead atoms. The zero-order valence-electron chi connectivity index (χ0n) is 23.9. The number of benzene rings is 7. The molecule has 8 aromatic rings. The summed E-state index contributed by atoms with van der Waals surface area (Å²) in [5.41, 5.74) is 7.75. The number of aromatic nitrogens is 3. The first-order chi connectivity index (χ1) is 21.8. The Morgan fingerprint density at radius 1 is 0.273 bits per heavy atom. The van der Waals surface area contributed by atoms with E-state index < -0.39 is 0 Å². The van der Waals surface area contributed by atoms with Gasteiger partial charge >= 0.3 is 0 Å². The monoisotopic (exact) mass is 561 g/mol. The van der Waals surface area contributed by atoms with Gasteiger partial charge in [-0.05, 0) is 55.9 Å². The second-order valence-electron chi connectivity index (χ2n) is 10.9. The Morgan fingerprint density at radius 3 is 1.43 bits per heavy atom. The molecule has 0 atom stereocenters. The molecule has 0 spiro atoms. The van der Waals surface area contributed by atoms with Gasteiger partial charge in [-0.25, -0.2) is 15.0 Å². The topological polar surface area (TPSA) is 38.7 Å². The van der Waals surface area contributed by atoms with Gasteiger partial charge in [0.05, 0.1) is 0 Å². The van der Waals surface area contributed by atoms with Crippen LogP contribution in [-0.4, -0.2) is 15.0 Å². The molecule has 0 radical (unpaired) electrons. The number of hydrogen-bond acceptors (Lipinski definition) is 3. The lowest BCUT2D eigenvalue weighted by Crippen LogP contribution is -2.00. The van der Waals surface area contributed by atoms with Crippen LogP contribution in [0.5, 0.6) is 0 Å². The van der Waals surface area contributed by atoms with Crippen LogP contribution in [0.2, 0.25) is 0 Å². The summed E-state index contributed by atoms with van der Waals surface area (Å²) in [5, 5.41) is 4.81. The maximum absolute atomic E-state index is 4.92. The second kappa shape index (κ2) is 11.0. The van der Waals surface area contributed by atoms with E-state index in [0.29, 0.717) is 17.5 Å². The predicted molar refractivity (Wildman–Crippen MR) is 182 cm³/mol. The summed E-state index contributed by atoms with van der Waals surface area (Å²) in [5.74, 6) is 1.98. The fourth-order valence-electron chi connectivity index (χ4n) is 5.92. The minimum atomic E-state index is 0.657. The lowest BCUT2D eigenvalue weighted by atomic mass is 9.90. The van der Waals surface area contributed by atoms with Crippen molar-refractivity contribution in [1.29, 1.82) is 0 Å². The van der Waals surface area contributed by atoms with Gasteiger partial charge in [0, 0.05) is 16.7 Å². The Kier molecular flexibility index (Phi) is 6.47. The van der Waals surface area contributed by atoms with Gasteiger partial charge in [-0.15, -0.1) is 0 Å². The van der Waals surface area contributed by atoms with E-state index in [1.54, 1.807) is 0 Å². The van der Waals surface area contributed by atoms with Crippen molar-refractivity contribution in [1.82, 2.24) is 15.0 Å². The highest BCUT2D eigenvalue weighted by molar-refractivity contribution is 6.01. The highest BCUT2D eigenvalue weighted by atomic mass is 15.0. The van der Waals surface area contributed by atoms with Crippen LogP contribution in [-0.2, 0) is 0 Å². The zero-order chi connectivity index (χ0) is 29.3. The molecule has 0 fully saturated rings. The SMILES string of the molecule is c1ccc(-c2nc(-c3ccccc3)nc(-c3ccc4cc(-c5ccccc5-c5cccc6ccccc56)ccc4c3)n2)cc1. The quantitative estimate of drug-likeness (QED) is 0.210. The molecule has 0 saturated carbocycles. The first kappa shape index (κ1) is 25.8. The average Bonchev–Trinajstić information content (AvgIpc) is 3.11. The van der Waals surface area contributed by atoms with E-state index in [2.05, 4.69) is 103 Å². The average molecular weight is 562 g/mol. The van der Waals surface area contributed by atoms with Crippen molar-refractivity contribution in [3.05, 3.63) is 164 Å². The van der Waals surface area contributed by atoms with E-state index in [0.717, 1.165) is 22.1 Å². The molecule has 206 valence electrons. The molecule has 0 aliphatic carbocycles. The third-order valence-corrected chi connectivity index (χ3v) is 8.12. The van der Waals surface area contributed by atoms with E-state index in [-0.39, 0.29) is 0 Å². The van der Waals surface area contributed by atoms with E-state index in [9.17, 15) is 0 Å². The molecule has 0 amide bonds. The molecule has 1 aromatic heterocycles. The summed E-state index contributed by atoms with van der Waals surface area (Å²) in [7, 11) is 0. The molecule has 0 aliphatic rings. The Labute approximate surface area is 256 Å². The van der Waals surface area contributed by atoms with Crippen LogP contribution in [0.25, 0.3) is 78.0 Å². The molecule has 0 saturated heterocycles. The third-order valence-electron chi connectivity index (χ3n) is 8.12. The summed E-state index contributed by atoms with van der Waals surface area (Å²) >= 11 is 0. The normalized spacial score (nSPS) is 11.2. The van der Waals surface area contributed by atoms with E-state index in [1.807, 2.05) is 60.7 Å². The number of nitrogens with zero attached hydrogens (tertiary/aromatic N) is 3. The highest BCUT2D eigenvalue weighted by Gasteiger charge is 2.14.